The Morgan fingerprint density at radius 2 is 1.96 bits per heavy atom. The molecule has 1 saturated heterocycles. The second kappa shape index (κ2) is 8.11. The van der Waals surface area contributed by atoms with E-state index in [1.807, 2.05) is 42.2 Å². The average Bonchev–Trinajstić information content (AvgIpc) is 2.86. The molecule has 0 saturated carbocycles. The van der Waals surface area contributed by atoms with Gasteiger partial charge in [-0.15, -0.1) is 0 Å². The second-order valence-corrected chi connectivity index (χ2v) is 6.54. The van der Waals surface area contributed by atoms with Gasteiger partial charge >= 0.3 is 0 Å². The molecule has 1 aromatic carbocycles. The van der Waals surface area contributed by atoms with Gasteiger partial charge in [0.05, 0.1) is 25.8 Å². The lowest BCUT2D eigenvalue weighted by atomic mass is 9.97. The third kappa shape index (κ3) is 5.06. The summed E-state index contributed by atoms with van der Waals surface area (Å²) in [7, 11) is 0. The van der Waals surface area contributed by atoms with Crippen molar-refractivity contribution in [2.24, 2.45) is 5.92 Å². The monoisotopic (exact) mass is 317 g/mol. The van der Waals surface area contributed by atoms with E-state index in [9.17, 15) is 9.59 Å². The minimum atomic E-state index is -0.0229. The standard InChI is InChI=1S/C18H27N3O2/c1-4-21-13-20(12-18(21)23)11-17(22)19-16(10-14(2)3)15-8-6-5-7-9-15/h5-9,14,16H,4,10-13H2,1-3H3,(H,19,22)/t16-/m1/s1. The Bertz CT molecular complexity index is 530. The highest BCUT2D eigenvalue weighted by Gasteiger charge is 2.28. The number of benzene rings is 1. The molecule has 5 nitrogen and oxygen atoms in total. The Hall–Kier alpha value is -1.88. The zero-order valence-corrected chi connectivity index (χ0v) is 14.3. The topological polar surface area (TPSA) is 52.6 Å². The number of amides is 2. The fraction of sp³-hybridized carbons (Fsp3) is 0.556. The first kappa shape index (κ1) is 17.5. The van der Waals surface area contributed by atoms with E-state index in [0.29, 0.717) is 25.7 Å². The number of hydrogen-bond acceptors (Lipinski definition) is 3. The minimum absolute atomic E-state index is 0.0179. The lowest BCUT2D eigenvalue weighted by Crippen LogP contribution is -2.39. The van der Waals surface area contributed by atoms with Gasteiger partial charge in [-0.05, 0) is 24.8 Å². The Kier molecular flexibility index (Phi) is 6.16. The van der Waals surface area contributed by atoms with Crippen molar-refractivity contribution in [3.8, 4) is 0 Å². The zero-order valence-electron chi connectivity index (χ0n) is 14.3. The Morgan fingerprint density at radius 1 is 1.26 bits per heavy atom. The maximum atomic E-state index is 12.4. The number of rotatable bonds is 7. The maximum Gasteiger partial charge on any atom is 0.237 e. The first-order chi connectivity index (χ1) is 11.0. The third-order valence-corrected chi connectivity index (χ3v) is 4.08. The summed E-state index contributed by atoms with van der Waals surface area (Å²) in [5.41, 5.74) is 1.13. The molecule has 23 heavy (non-hydrogen) atoms. The van der Waals surface area contributed by atoms with Gasteiger partial charge in [-0.1, -0.05) is 44.2 Å². The van der Waals surface area contributed by atoms with Crippen LogP contribution in [0.1, 0.15) is 38.8 Å². The smallest absolute Gasteiger partial charge is 0.237 e. The van der Waals surface area contributed by atoms with Crippen molar-refractivity contribution in [3.05, 3.63) is 35.9 Å². The van der Waals surface area contributed by atoms with Crippen molar-refractivity contribution in [2.45, 2.75) is 33.2 Å². The number of nitrogens with zero attached hydrogens (tertiary/aromatic N) is 2. The lowest BCUT2D eigenvalue weighted by Gasteiger charge is -2.23. The molecule has 1 N–H and O–H groups in total. The van der Waals surface area contributed by atoms with Gasteiger partial charge in [-0.2, -0.15) is 0 Å². The van der Waals surface area contributed by atoms with Crippen LogP contribution >= 0.6 is 0 Å². The fourth-order valence-corrected chi connectivity index (χ4v) is 2.92. The van der Waals surface area contributed by atoms with Crippen LogP contribution in [0.2, 0.25) is 0 Å². The first-order valence-corrected chi connectivity index (χ1v) is 8.34. The summed E-state index contributed by atoms with van der Waals surface area (Å²) in [6.45, 7) is 8.10. The molecule has 0 unspecified atom stereocenters. The largest absolute Gasteiger partial charge is 0.348 e. The van der Waals surface area contributed by atoms with Gasteiger partial charge in [-0.3, -0.25) is 14.5 Å². The van der Waals surface area contributed by atoms with Crippen LogP contribution in [0.3, 0.4) is 0 Å². The zero-order chi connectivity index (χ0) is 16.8. The quantitative estimate of drug-likeness (QED) is 0.837. The van der Waals surface area contributed by atoms with Crippen molar-refractivity contribution in [1.29, 1.82) is 0 Å². The molecule has 5 heteroatoms. The third-order valence-electron chi connectivity index (χ3n) is 4.08. The molecule has 1 aliphatic rings. The predicted molar refractivity (Wildman–Crippen MR) is 90.6 cm³/mol. The highest BCUT2D eigenvalue weighted by molar-refractivity contribution is 5.83. The highest BCUT2D eigenvalue weighted by Crippen LogP contribution is 2.21. The van der Waals surface area contributed by atoms with Crippen LogP contribution in [0.25, 0.3) is 0 Å². The van der Waals surface area contributed by atoms with Gasteiger partial charge in [0.2, 0.25) is 11.8 Å². The van der Waals surface area contributed by atoms with Crippen molar-refractivity contribution >= 4 is 11.8 Å². The average molecular weight is 317 g/mol. The molecule has 2 amide bonds. The molecule has 126 valence electrons. The van der Waals surface area contributed by atoms with Crippen LogP contribution < -0.4 is 5.32 Å². The molecule has 1 aromatic rings. The lowest BCUT2D eigenvalue weighted by molar-refractivity contribution is -0.126. The van der Waals surface area contributed by atoms with Crippen LogP contribution in [0, 0.1) is 5.92 Å². The number of carbonyl (C=O) groups excluding carboxylic acids is 2. The molecule has 0 aromatic heterocycles. The Labute approximate surface area is 138 Å². The van der Waals surface area contributed by atoms with Gasteiger partial charge in [0.25, 0.3) is 0 Å². The molecule has 1 heterocycles. The van der Waals surface area contributed by atoms with E-state index >= 15 is 0 Å². The van der Waals surface area contributed by atoms with Crippen molar-refractivity contribution in [1.82, 2.24) is 15.1 Å². The fourth-order valence-electron chi connectivity index (χ4n) is 2.92. The Balaban J connectivity index is 1.94. The number of nitrogens with one attached hydrogen (secondary N) is 1. The normalized spacial score (nSPS) is 16.9. The van der Waals surface area contributed by atoms with Gasteiger partial charge in [-0.25, -0.2) is 0 Å². The first-order valence-electron chi connectivity index (χ1n) is 8.34. The van der Waals surface area contributed by atoms with Crippen molar-refractivity contribution in [2.75, 3.05) is 26.3 Å². The SMILES string of the molecule is CCN1CN(CC(=O)N[C@H](CC(C)C)c2ccccc2)CC1=O. The molecule has 0 radical (unpaired) electrons. The van der Waals surface area contributed by atoms with Crippen LogP contribution in [0.5, 0.6) is 0 Å². The summed E-state index contributed by atoms with van der Waals surface area (Å²) in [4.78, 5) is 27.8. The van der Waals surface area contributed by atoms with Gasteiger partial charge in [0.1, 0.15) is 0 Å². The van der Waals surface area contributed by atoms with E-state index < -0.39 is 0 Å². The molecule has 1 atom stereocenters. The number of carbonyl (C=O) groups is 2. The van der Waals surface area contributed by atoms with Gasteiger partial charge in [0.15, 0.2) is 0 Å². The molecule has 2 rings (SSSR count). The summed E-state index contributed by atoms with van der Waals surface area (Å²) in [6, 6.07) is 10.1. The molecule has 0 bridgehead atoms. The van der Waals surface area contributed by atoms with E-state index in [0.717, 1.165) is 12.0 Å². The van der Waals surface area contributed by atoms with Crippen LogP contribution in [-0.2, 0) is 9.59 Å². The molecule has 0 aliphatic carbocycles. The van der Waals surface area contributed by atoms with Gasteiger partial charge in [0, 0.05) is 6.54 Å². The molecule has 1 fully saturated rings. The van der Waals surface area contributed by atoms with E-state index in [4.69, 9.17) is 0 Å². The maximum absolute atomic E-state index is 12.4. The van der Waals surface area contributed by atoms with Crippen LogP contribution in [-0.4, -0.2) is 47.9 Å². The summed E-state index contributed by atoms with van der Waals surface area (Å²) in [5, 5.41) is 3.13. The van der Waals surface area contributed by atoms with E-state index in [1.54, 1.807) is 4.90 Å². The molecular weight excluding hydrogens is 290 g/mol. The summed E-state index contributed by atoms with van der Waals surface area (Å²) >= 11 is 0. The summed E-state index contributed by atoms with van der Waals surface area (Å²) < 4.78 is 0. The summed E-state index contributed by atoms with van der Waals surface area (Å²) in [5.74, 6) is 0.566. The molecule has 1 aliphatic heterocycles. The van der Waals surface area contributed by atoms with E-state index in [2.05, 4.69) is 19.2 Å². The highest BCUT2D eigenvalue weighted by atomic mass is 16.2. The van der Waals surface area contributed by atoms with E-state index in [-0.39, 0.29) is 24.4 Å². The van der Waals surface area contributed by atoms with E-state index in [1.165, 1.54) is 0 Å². The number of likely N-dealkylation sites (N-methyl/N-ethyl adjacent to an activating group) is 1. The van der Waals surface area contributed by atoms with Gasteiger partial charge < -0.3 is 10.2 Å². The van der Waals surface area contributed by atoms with Crippen molar-refractivity contribution in [3.63, 3.8) is 0 Å². The molecular formula is C18H27N3O2. The van der Waals surface area contributed by atoms with Crippen molar-refractivity contribution < 1.29 is 9.59 Å². The Morgan fingerprint density at radius 3 is 2.52 bits per heavy atom. The predicted octanol–water partition coefficient (Wildman–Crippen LogP) is 2.01. The molecule has 0 spiro atoms. The minimum Gasteiger partial charge on any atom is -0.348 e. The summed E-state index contributed by atoms with van der Waals surface area (Å²) in [6.07, 6.45) is 0.899. The number of hydrogen-bond donors (Lipinski definition) is 1. The van der Waals surface area contributed by atoms with Crippen LogP contribution in [0.4, 0.5) is 0 Å². The second-order valence-electron chi connectivity index (χ2n) is 6.54. The van der Waals surface area contributed by atoms with Crippen LogP contribution in [0.15, 0.2) is 30.3 Å².